The van der Waals surface area contributed by atoms with Crippen LogP contribution >= 0.6 is 0 Å². The first-order valence-electron chi connectivity index (χ1n) is 5.72. The first-order valence-corrected chi connectivity index (χ1v) is 5.72. The lowest BCUT2D eigenvalue weighted by molar-refractivity contribution is 0.421. The minimum absolute atomic E-state index is 0.130. The summed E-state index contributed by atoms with van der Waals surface area (Å²) in [7, 11) is 0. The number of aromatic hydroxyl groups is 1. The summed E-state index contributed by atoms with van der Waals surface area (Å²) in [4.78, 5) is 0. The van der Waals surface area contributed by atoms with E-state index < -0.39 is 0 Å². The van der Waals surface area contributed by atoms with Crippen molar-refractivity contribution in [2.45, 2.75) is 26.4 Å². The van der Waals surface area contributed by atoms with E-state index in [0.29, 0.717) is 12.3 Å². The number of hydrogen-bond donors (Lipinski definition) is 2. The van der Waals surface area contributed by atoms with Crippen molar-refractivity contribution in [2.75, 3.05) is 0 Å². The van der Waals surface area contributed by atoms with Crippen molar-refractivity contribution >= 4 is 0 Å². The Balaban J connectivity index is 2.00. The number of aryl methyl sites for hydroxylation is 1. The van der Waals surface area contributed by atoms with Gasteiger partial charge in [0.05, 0.1) is 12.3 Å². The minimum atomic E-state index is 0.130. The molecule has 1 aromatic carbocycles. The zero-order chi connectivity index (χ0) is 12.3. The largest absolute Gasteiger partial charge is 0.507 e. The normalized spacial score (nSPS) is 12.6. The van der Waals surface area contributed by atoms with Crippen LogP contribution in [-0.4, -0.2) is 5.11 Å². The Bertz CT molecular complexity index is 477. The molecule has 2 rings (SSSR count). The monoisotopic (exact) mass is 231 g/mol. The first-order chi connectivity index (χ1) is 8.18. The number of benzene rings is 1. The molecule has 0 aliphatic rings. The zero-order valence-electron chi connectivity index (χ0n) is 10.1. The molecular formula is C14H17NO2. The van der Waals surface area contributed by atoms with Gasteiger partial charge in [0.15, 0.2) is 0 Å². The molecule has 1 heterocycles. The Morgan fingerprint density at radius 1 is 1.29 bits per heavy atom. The Morgan fingerprint density at radius 3 is 2.82 bits per heavy atom. The van der Waals surface area contributed by atoms with Crippen LogP contribution < -0.4 is 5.32 Å². The van der Waals surface area contributed by atoms with Crippen LogP contribution in [0.4, 0.5) is 0 Å². The summed E-state index contributed by atoms with van der Waals surface area (Å²) in [5.74, 6) is 1.27. The second kappa shape index (κ2) is 5.06. The van der Waals surface area contributed by atoms with E-state index in [1.807, 2.05) is 44.2 Å². The highest BCUT2D eigenvalue weighted by molar-refractivity contribution is 5.39. The number of nitrogens with one attached hydrogen (secondary N) is 1. The lowest BCUT2D eigenvalue weighted by Crippen LogP contribution is -2.17. The molecule has 0 radical (unpaired) electrons. The summed E-state index contributed by atoms with van der Waals surface area (Å²) in [5.41, 5.74) is 1.80. The van der Waals surface area contributed by atoms with Gasteiger partial charge in [-0.2, -0.15) is 0 Å². The predicted molar refractivity (Wildman–Crippen MR) is 66.8 cm³/mol. The molecule has 0 aliphatic heterocycles. The van der Waals surface area contributed by atoms with Crippen molar-refractivity contribution in [1.29, 1.82) is 0 Å². The fraction of sp³-hybridized carbons (Fsp3) is 0.286. The molecular weight excluding hydrogens is 214 g/mol. The average molecular weight is 231 g/mol. The number of furan rings is 1. The van der Waals surface area contributed by atoms with Crippen LogP contribution in [0, 0.1) is 6.92 Å². The van der Waals surface area contributed by atoms with Crippen molar-refractivity contribution in [3.8, 4) is 5.75 Å². The first kappa shape index (κ1) is 11.7. The van der Waals surface area contributed by atoms with Crippen molar-refractivity contribution in [2.24, 2.45) is 0 Å². The Kier molecular flexibility index (Phi) is 3.49. The molecule has 0 unspecified atom stereocenters. The highest BCUT2D eigenvalue weighted by atomic mass is 16.3. The van der Waals surface area contributed by atoms with Gasteiger partial charge in [-0.15, -0.1) is 0 Å². The van der Waals surface area contributed by atoms with Gasteiger partial charge in [0.1, 0.15) is 11.5 Å². The Morgan fingerprint density at radius 2 is 2.12 bits per heavy atom. The standard InChI is InChI=1S/C14H17NO2/c1-10-5-3-6-12(14(10)16)9-15-11(2)13-7-4-8-17-13/h3-8,11,15-16H,9H2,1-2H3/t11-/m0/s1. The fourth-order valence-electron chi connectivity index (χ4n) is 1.76. The molecule has 3 nitrogen and oxygen atoms in total. The number of phenolic OH excluding ortho intramolecular Hbond substituents is 1. The zero-order valence-corrected chi connectivity index (χ0v) is 10.1. The van der Waals surface area contributed by atoms with E-state index in [1.54, 1.807) is 6.26 Å². The number of rotatable bonds is 4. The van der Waals surface area contributed by atoms with Gasteiger partial charge in [-0.1, -0.05) is 18.2 Å². The van der Waals surface area contributed by atoms with Gasteiger partial charge in [-0.3, -0.25) is 0 Å². The number of para-hydroxylation sites is 1. The second-order valence-electron chi connectivity index (χ2n) is 4.20. The van der Waals surface area contributed by atoms with E-state index in [1.165, 1.54) is 0 Å². The third-order valence-corrected chi connectivity index (χ3v) is 2.89. The molecule has 0 aliphatic carbocycles. The van der Waals surface area contributed by atoms with Gasteiger partial charge in [0.2, 0.25) is 0 Å². The fourth-order valence-corrected chi connectivity index (χ4v) is 1.76. The van der Waals surface area contributed by atoms with Crippen LogP contribution in [0.5, 0.6) is 5.75 Å². The SMILES string of the molecule is Cc1cccc(CN[C@@H](C)c2ccco2)c1O. The molecule has 2 N–H and O–H groups in total. The van der Waals surface area contributed by atoms with E-state index in [2.05, 4.69) is 5.32 Å². The van der Waals surface area contributed by atoms with E-state index in [9.17, 15) is 5.11 Å². The van der Waals surface area contributed by atoms with Crippen LogP contribution in [0.25, 0.3) is 0 Å². The maximum absolute atomic E-state index is 9.88. The molecule has 0 fully saturated rings. The van der Waals surface area contributed by atoms with Crippen LogP contribution in [-0.2, 0) is 6.54 Å². The highest BCUT2D eigenvalue weighted by Crippen LogP contribution is 2.22. The maximum atomic E-state index is 9.88. The van der Waals surface area contributed by atoms with Gasteiger partial charge in [0, 0.05) is 12.1 Å². The minimum Gasteiger partial charge on any atom is -0.507 e. The smallest absolute Gasteiger partial charge is 0.122 e. The molecule has 0 spiro atoms. The van der Waals surface area contributed by atoms with Crippen molar-refractivity contribution < 1.29 is 9.52 Å². The molecule has 0 amide bonds. The third-order valence-electron chi connectivity index (χ3n) is 2.89. The lowest BCUT2D eigenvalue weighted by atomic mass is 10.1. The Hall–Kier alpha value is -1.74. The summed E-state index contributed by atoms with van der Waals surface area (Å²) in [6.07, 6.45) is 1.66. The molecule has 0 bridgehead atoms. The molecule has 2 aromatic rings. The van der Waals surface area contributed by atoms with E-state index in [-0.39, 0.29) is 6.04 Å². The third kappa shape index (κ3) is 2.68. The Labute approximate surface area is 101 Å². The van der Waals surface area contributed by atoms with Gasteiger partial charge in [-0.25, -0.2) is 0 Å². The average Bonchev–Trinajstić information content (AvgIpc) is 2.84. The summed E-state index contributed by atoms with van der Waals surface area (Å²) >= 11 is 0. The summed E-state index contributed by atoms with van der Waals surface area (Å²) in [5, 5.41) is 13.2. The number of phenols is 1. The van der Waals surface area contributed by atoms with Gasteiger partial charge < -0.3 is 14.8 Å². The van der Waals surface area contributed by atoms with Crippen molar-refractivity contribution in [3.63, 3.8) is 0 Å². The summed E-state index contributed by atoms with van der Waals surface area (Å²) in [6.45, 7) is 4.55. The van der Waals surface area contributed by atoms with Crippen LogP contribution in [0.1, 0.15) is 29.9 Å². The molecule has 1 aromatic heterocycles. The number of hydrogen-bond acceptors (Lipinski definition) is 3. The summed E-state index contributed by atoms with van der Waals surface area (Å²) in [6, 6.07) is 9.71. The molecule has 3 heteroatoms. The molecule has 0 saturated carbocycles. The predicted octanol–water partition coefficient (Wildman–Crippen LogP) is 3.14. The molecule has 0 saturated heterocycles. The van der Waals surface area contributed by atoms with E-state index in [4.69, 9.17) is 4.42 Å². The molecule has 90 valence electrons. The maximum Gasteiger partial charge on any atom is 0.122 e. The summed E-state index contributed by atoms with van der Waals surface area (Å²) < 4.78 is 5.31. The van der Waals surface area contributed by atoms with Crippen LogP contribution in [0.15, 0.2) is 41.0 Å². The van der Waals surface area contributed by atoms with Crippen LogP contribution in [0.3, 0.4) is 0 Å². The molecule has 17 heavy (non-hydrogen) atoms. The second-order valence-corrected chi connectivity index (χ2v) is 4.20. The quantitative estimate of drug-likeness (QED) is 0.849. The van der Waals surface area contributed by atoms with Gasteiger partial charge in [-0.05, 0) is 31.5 Å². The lowest BCUT2D eigenvalue weighted by Gasteiger charge is -2.13. The van der Waals surface area contributed by atoms with Gasteiger partial charge >= 0.3 is 0 Å². The van der Waals surface area contributed by atoms with Crippen molar-refractivity contribution in [3.05, 3.63) is 53.5 Å². The molecule has 1 atom stereocenters. The highest BCUT2D eigenvalue weighted by Gasteiger charge is 2.09. The van der Waals surface area contributed by atoms with E-state index in [0.717, 1.165) is 16.9 Å². The topological polar surface area (TPSA) is 45.4 Å². The van der Waals surface area contributed by atoms with Crippen molar-refractivity contribution in [1.82, 2.24) is 5.32 Å². The van der Waals surface area contributed by atoms with E-state index >= 15 is 0 Å². The van der Waals surface area contributed by atoms with Crippen LogP contribution in [0.2, 0.25) is 0 Å². The van der Waals surface area contributed by atoms with Gasteiger partial charge in [0.25, 0.3) is 0 Å².